The van der Waals surface area contributed by atoms with E-state index in [2.05, 4.69) is 47.6 Å². The van der Waals surface area contributed by atoms with Gasteiger partial charge in [0.15, 0.2) is 0 Å². The monoisotopic (exact) mass is 269 g/mol. The first-order valence-electron chi connectivity index (χ1n) is 7.28. The Morgan fingerprint density at radius 1 is 0.950 bits per heavy atom. The maximum atomic E-state index is 13.0. The highest BCUT2D eigenvalue weighted by atomic mass is 16.1. The van der Waals surface area contributed by atoms with Crippen LogP contribution in [0.2, 0.25) is 0 Å². The van der Waals surface area contributed by atoms with Gasteiger partial charge in [0.1, 0.15) is 0 Å². The number of aromatic nitrogens is 1. The second kappa shape index (κ2) is 3.55. The van der Waals surface area contributed by atoms with Crippen molar-refractivity contribution in [3.8, 4) is 0 Å². The molecule has 0 aliphatic heterocycles. The van der Waals surface area contributed by atoms with Crippen molar-refractivity contribution in [2.75, 3.05) is 0 Å². The van der Waals surface area contributed by atoms with Gasteiger partial charge in [-0.2, -0.15) is 0 Å². The molecule has 2 aromatic heterocycles. The summed E-state index contributed by atoms with van der Waals surface area (Å²) in [7, 11) is 0. The molecule has 1 aliphatic carbocycles. The quantitative estimate of drug-likeness (QED) is 0.711. The van der Waals surface area contributed by atoms with E-state index in [-0.39, 0.29) is 21.8 Å². The molecule has 0 saturated carbocycles. The molecule has 0 saturated heterocycles. The van der Waals surface area contributed by atoms with Crippen molar-refractivity contribution in [3.05, 3.63) is 51.9 Å². The van der Waals surface area contributed by atoms with Crippen LogP contribution in [-0.4, -0.2) is 4.40 Å². The van der Waals surface area contributed by atoms with E-state index in [0.29, 0.717) is 0 Å². The van der Waals surface area contributed by atoms with Crippen LogP contribution in [0.25, 0.3) is 5.52 Å². The Morgan fingerprint density at radius 2 is 1.60 bits per heavy atom. The molecule has 2 aromatic rings. The first-order valence-corrected chi connectivity index (χ1v) is 7.28. The number of fused-ring (bicyclic) bond motifs is 2. The fourth-order valence-corrected chi connectivity index (χ4v) is 3.74. The van der Waals surface area contributed by atoms with Gasteiger partial charge in [0.05, 0.1) is 0 Å². The van der Waals surface area contributed by atoms with Gasteiger partial charge in [0.25, 0.3) is 5.56 Å². The van der Waals surface area contributed by atoms with Crippen LogP contribution in [0, 0.1) is 5.41 Å². The molecule has 2 nitrogen and oxygen atoms in total. The predicted molar refractivity (Wildman–Crippen MR) is 83.5 cm³/mol. The molecule has 106 valence electrons. The number of hydrogen-bond acceptors (Lipinski definition) is 1. The number of rotatable bonds is 0. The van der Waals surface area contributed by atoms with E-state index in [4.69, 9.17) is 0 Å². The van der Waals surface area contributed by atoms with E-state index in [1.165, 1.54) is 5.56 Å². The van der Waals surface area contributed by atoms with Gasteiger partial charge in [-0.15, -0.1) is 0 Å². The van der Waals surface area contributed by atoms with Gasteiger partial charge >= 0.3 is 0 Å². The van der Waals surface area contributed by atoms with E-state index in [1.807, 2.05) is 24.4 Å². The van der Waals surface area contributed by atoms with E-state index < -0.39 is 0 Å². The van der Waals surface area contributed by atoms with Crippen molar-refractivity contribution in [2.24, 2.45) is 5.41 Å². The Bertz CT molecular complexity index is 763. The molecule has 1 aliphatic rings. The lowest BCUT2D eigenvalue weighted by Gasteiger charge is -2.44. The van der Waals surface area contributed by atoms with Gasteiger partial charge in [-0.1, -0.05) is 47.6 Å². The summed E-state index contributed by atoms with van der Waals surface area (Å²) >= 11 is 0. The van der Waals surface area contributed by atoms with E-state index >= 15 is 0 Å². The summed E-state index contributed by atoms with van der Waals surface area (Å²) in [6, 6.07) is 8.11. The van der Waals surface area contributed by atoms with Crippen LogP contribution in [0.15, 0.2) is 35.3 Å². The summed E-state index contributed by atoms with van der Waals surface area (Å²) in [5.74, 6) is 0. The highest BCUT2D eigenvalue weighted by molar-refractivity contribution is 5.58. The molecule has 0 amide bonds. The van der Waals surface area contributed by atoms with Crippen LogP contribution in [0.4, 0.5) is 0 Å². The molecule has 0 fully saturated rings. The minimum atomic E-state index is -0.139. The summed E-state index contributed by atoms with van der Waals surface area (Å²) < 4.78 is 1.78. The summed E-state index contributed by atoms with van der Waals surface area (Å²) in [5.41, 5.74) is 3.19. The Morgan fingerprint density at radius 3 is 2.25 bits per heavy atom. The average molecular weight is 269 g/mol. The number of nitrogens with zero attached hydrogens (tertiary/aromatic N) is 1. The molecular weight excluding hydrogens is 246 g/mol. The molecule has 0 radical (unpaired) electrons. The molecular formula is C18H23NO. The lowest BCUT2D eigenvalue weighted by Crippen LogP contribution is -2.43. The van der Waals surface area contributed by atoms with E-state index in [9.17, 15) is 4.79 Å². The minimum absolute atomic E-state index is 0.0183. The molecule has 0 spiro atoms. The van der Waals surface area contributed by atoms with Gasteiger partial charge in [0, 0.05) is 22.7 Å². The molecule has 0 atom stereocenters. The van der Waals surface area contributed by atoms with Crippen LogP contribution >= 0.6 is 0 Å². The van der Waals surface area contributed by atoms with E-state index in [0.717, 1.165) is 11.1 Å². The van der Waals surface area contributed by atoms with Crippen LogP contribution in [-0.2, 0) is 10.8 Å². The van der Waals surface area contributed by atoms with Gasteiger partial charge in [-0.3, -0.25) is 9.20 Å². The Hall–Kier alpha value is -1.57. The molecule has 2 heterocycles. The average Bonchev–Trinajstić information content (AvgIpc) is 2.46. The maximum Gasteiger partial charge on any atom is 0.259 e. The SMILES string of the molecule is CC1(C)c2cc3ccccn3c(=O)c2C(C)(C)C1(C)C. The topological polar surface area (TPSA) is 21.5 Å². The van der Waals surface area contributed by atoms with E-state index in [1.54, 1.807) is 4.40 Å². The molecule has 2 heteroatoms. The van der Waals surface area contributed by atoms with Crippen molar-refractivity contribution < 1.29 is 0 Å². The van der Waals surface area contributed by atoms with Crippen molar-refractivity contribution in [3.63, 3.8) is 0 Å². The first-order chi connectivity index (χ1) is 9.12. The van der Waals surface area contributed by atoms with Crippen LogP contribution in [0.5, 0.6) is 0 Å². The van der Waals surface area contributed by atoms with Gasteiger partial charge in [-0.25, -0.2) is 0 Å². The summed E-state index contributed by atoms with van der Waals surface area (Å²) in [6.07, 6.45) is 1.87. The normalized spacial score (nSPS) is 21.9. The minimum Gasteiger partial charge on any atom is -0.284 e. The molecule has 20 heavy (non-hydrogen) atoms. The maximum absolute atomic E-state index is 13.0. The largest absolute Gasteiger partial charge is 0.284 e. The Balaban J connectivity index is 2.54. The molecule has 0 N–H and O–H groups in total. The highest BCUT2D eigenvalue weighted by Gasteiger charge is 2.58. The summed E-state index contributed by atoms with van der Waals surface area (Å²) in [4.78, 5) is 13.0. The zero-order chi connectivity index (χ0) is 14.9. The van der Waals surface area contributed by atoms with Crippen molar-refractivity contribution >= 4 is 5.52 Å². The first kappa shape index (κ1) is 13.4. The van der Waals surface area contributed by atoms with Crippen LogP contribution in [0.3, 0.4) is 0 Å². The van der Waals surface area contributed by atoms with Crippen molar-refractivity contribution in [1.82, 2.24) is 4.40 Å². The summed E-state index contributed by atoms with van der Waals surface area (Å²) in [6.45, 7) is 13.5. The van der Waals surface area contributed by atoms with Crippen molar-refractivity contribution in [2.45, 2.75) is 52.4 Å². The van der Waals surface area contributed by atoms with Crippen molar-refractivity contribution in [1.29, 1.82) is 0 Å². The summed E-state index contributed by atoms with van der Waals surface area (Å²) in [5, 5.41) is 0. The predicted octanol–water partition coefficient (Wildman–Crippen LogP) is 3.89. The highest BCUT2D eigenvalue weighted by Crippen LogP contribution is 2.60. The lowest BCUT2D eigenvalue weighted by atomic mass is 9.59. The molecule has 0 bridgehead atoms. The Labute approximate surface area is 120 Å². The smallest absolute Gasteiger partial charge is 0.259 e. The lowest BCUT2D eigenvalue weighted by molar-refractivity contribution is 0.124. The van der Waals surface area contributed by atoms with Crippen LogP contribution in [0.1, 0.15) is 52.7 Å². The fraction of sp³-hybridized carbons (Fsp3) is 0.500. The second-order valence-corrected chi connectivity index (χ2v) is 7.61. The molecule has 3 rings (SSSR count). The zero-order valence-corrected chi connectivity index (χ0v) is 13.2. The number of hydrogen-bond donors (Lipinski definition) is 0. The molecule has 0 unspecified atom stereocenters. The van der Waals surface area contributed by atoms with Crippen LogP contribution < -0.4 is 5.56 Å². The molecule has 0 aromatic carbocycles. The Kier molecular flexibility index (Phi) is 2.38. The van der Waals surface area contributed by atoms with Gasteiger partial charge < -0.3 is 0 Å². The fourth-order valence-electron chi connectivity index (χ4n) is 3.74. The third-order valence-electron chi connectivity index (χ3n) is 6.31. The van der Waals surface area contributed by atoms with Gasteiger partial charge in [0.2, 0.25) is 0 Å². The number of pyridine rings is 2. The second-order valence-electron chi connectivity index (χ2n) is 7.61. The standard InChI is InChI=1S/C18H23NO/c1-16(2)13-11-12-9-7-8-10-19(12)15(20)14(13)17(3,4)18(16,5)6/h7-11H,1-6H3. The van der Waals surface area contributed by atoms with Gasteiger partial charge in [-0.05, 0) is 34.6 Å². The third-order valence-corrected chi connectivity index (χ3v) is 6.31. The zero-order valence-electron chi connectivity index (χ0n) is 13.2. The third kappa shape index (κ3) is 1.27.